The molecule has 136 valence electrons. The molecule has 0 heterocycles. The molecule has 0 radical (unpaired) electrons. The molecule has 0 aliphatic carbocycles. The smallest absolute Gasteiger partial charge is 0.244 e. The lowest BCUT2D eigenvalue weighted by Gasteiger charge is -2.07. The molecule has 0 fully saturated rings. The van der Waals surface area contributed by atoms with Crippen molar-refractivity contribution < 1.29 is 18.0 Å². The molecular weight excluding hydrogens is 352 g/mol. The first kappa shape index (κ1) is 19.4. The van der Waals surface area contributed by atoms with E-state index >= 15 is 0 Å². The number of sulfone groups is 1. The molecule has 0 bridgehead atoms. The van der Waals surface area contributed by atoms with Crippen LogP contribution in [0.2, 0.25) is 0 Å². The maximum atomic E-state index is 11.9. The zero-order valence-corrected chi connectivity index (χ0v) is 15.1. The monoisotopic (exact) mass is 372 g/mol. The van der Waals surface area contributed by atoms with Gasteiger partial charge in [0.1, 0.15) is 0 Å². The molecule has 0 saturated carbocycles. The summed E-state index contributed by atoms with van der Waals surface area (Å²) >= 11 is 0. The van der Waals surface area contributed by atoms with Crippen molar-refractivity contribution in [3.05, 3.63) is 66.2 Å². The van der Waals surface area contributed by atoms with Crippen LogP contribution in [0.25, 0.3) is 6.08 Å². The summed E-state index contributed by atoms with van der Waals surface area (Å²) < 4.78 is 23.0. The van der Waals surface area contributed by atoms with Gasteiger partial charge in [-0.2, -0.15) is 0 Å². The van der Waals surface area contributed by atoms with Crippen molar-refractivity contribution in [1.29, 1.82) is 0 Å². The Morgan fingerprint density at radius 3 is 2.46 bits per heavy atom. The van der Waals surface area contributed by atoms with Crippen molar-refractivity contribution in [3.63, 3.8) is 0 Å². The highest BCUT2D eigenvalue weighted by Gasteiger charge is 2.09. The zero-order chi connectivity index (χ0) is 19.0. The van der Waals surface area contributed by atoms with Gasteiger partial charge in [-0.1, -0.05) is 36.4 Å². The third-order valence-corrected chi connectivity index (χ3v) is 4.53. The predicted octanol–water partition coefficient (Wildman–Crippen LogP) is 2.25. The molecule has 0 aliphatic heterocycles. The molecule has 26 heavy (non-hydrogen) atoms. The number of amides is 2. The van der Waals surface area contributed by atoms with Crippen molar-refractivity contribution in [2.45, 2.75) is 11.3 Å². The summed E-state index contributed by atoms with van der Waals surface area (Å²) in [7, 11) is -3.33. The van der Waals surface area contributed by atoms with Gasteiger partial charge in [0.15, 0.2) is 9.84 Å². The van der Waals surface area contributed by atoms with Crippen molar-refractivity contribution in [1.82, 2.24) is 5.32 Å². The van der Waals surface area contributed by atoms with E-state index in [0.29, 0.717) is 5.69 Å². The maximum Gasteiger partial charge on any atom is 0.244 e. The number of anilines is 1. The van der Waals surface area contributed by atoms with Crippen molar-refractivity contribution in [3.8, 4) is 0 Å². The van der Waals surface area contributed by atoms with E-state index < -0.39 is 9.84 Å². The highest BCUT2D eigenvalue weighted by atomic mass is 32.2. The van der Waals surface area contributed by atoms with Gasteiger partial charge in [0.2, 0.25) is 11.8 Å². The van der Waals surface area contributed by atoms with Crippen molar-refractivity contribution >= 4 is 33.4 Å². The molecule has 0 unspecified atom stereocenters. The Bertz CT molecular complexity index is 906. The molecule has 0 aliphatic rings. The maximum absolute atomic E-state index is 11.9. The lowest BCUT2D eigenvalue weighted by atomic mass is 10.2. The third kappa shape index (κ3) is 6.52. The van der Waals surface area contributed by atoms with E-state index in [1.807, 2.05) is 30.3 Å². The Balaban J connectivity index is 1.79. The van der Waals surface area contributed by atoms with Gasteiger partial charge in [0, 0.05) is 31.0 Å². The molecule has 2 aromatic rings. The number of carbonyl (C=O) groups excluding carboxylic acids is 2. The van der Waals surface area contributed by atoms with Crippen LogP contribution in [0, 0.1) is 0 Å². The van der Waals surface area contributed by atoms with E-state index in [-0.39, 0.29) is 29.7 Å². The summed E-state index contributed by atoms with van der Waals surface area (Å²) in [6.45, 7) is 0.176. The third-order valence-electron chi connectivity index (χ3n) is 3.42. The largest absolute Gasteiger partial charge is 0.352 e. The van der Waals surface area contributed by atoms with Gasteiger partial charge >= 0.3 is 0 Å². The second-order valence-corrected chi connectivity index (χ2v) is 7.65. The number of hydrogen-bond donors (Lipinski definition) is 2. The number of nitrogens with one attached hydrogen (secondary N) is 2. The van der Waals surface area contributed by atoms with Crippen molar-refractivity contribution in [2.24, 2.45) is 0 Å². The van der Waals surface area contributed by atoms with E-state index in [9.17, 15) is 18.0 Å². The van der Waals surface area contributed by atoms with Crippen LogP contribution < -0.4 is 10.6 Å². The van der Waals surface area contributed by atoms with E-state index in [0.717, 1.165) is 11.8 Å². The molecule has 2 amide bonds. The number of carbonyl (C=O) groups is 2. The van der Waals surface area contributed by atoms with Gasteiger partial charge < -0.3 is 10.6 Å². The van der Waals surface area contributed by atoms with Crippen LogP contribution >= 0.6 is 0 Å². The van der Waals surface area contributed by atoms with Gasteiger partial charge in [-0.3, -0.25) is 9.59 Å². The first-order valence-electron chi connectivity index (χ1n) is 7.95. The Hall–Kier alpha value is -2.93. The summed E-state index contributed by atoms with van der Waals surface area (Å²) in [6.07, 6.45) is 4.27. The molecule has 0 atom stereocenters. The van der Waals surface area contributed by atoms with E-state index in [1.54, 1.807) is 18.2 Å². The van der Waals surface area contributed by atoms with Gasteiger partial charge in [0.05, 0.1) is 4.90 Å². The Morgan fingerprint density at radius 2 is 1.77 bits per heavy atom. The fraction of sp³-hybridized carbons (Fsp3) is 0.158. The van der Waals surface area contributed by atoms with Gasteiger partial charge in [0.25, 0.3) is 0 Å². The lowest BCUT2D eigenvalue weighted by molar-refractivity contribution is -0.117. The second-order valence-electron chi connectivity index (χ2n) is 5.63. The fourth-order valence-corrected chi connectivity index (χ4v) is 2.79. The molecule has 2 rings (SSSR count). The highest BCUT2D eigenvalue weighted by molar-refractivity contribution is 7.90. The van der Waals surface area contributed by atoms with Crippen LogP contribution in [0.4, 0.5) is 5.69 Å². The second kappa shape index (κ2) is 8.96. The zero-order valence-electron chi connectivity index (χ0n) is 14.3. The summed E-state index contributed by atoms with van der Waals surface area (Å²) in [5.74, 6) is -0.608. The van der Waals surface area contributed by atoms with Gasteiger partial charge in [-0.25, -0.2) is 8.42 Å². The minimum Gasteiger partial charge on any atom is -0.352 e. The summed E-state index contributed by atoms with van der Waals surface area (Å²) in [6, 6.07) is 15.4. The average Bonchev–Trinajstić information content (AvgIpc) is 2.60. The van der Waals surface area contributed by atoms with Crippen LogP contribution in [0.15, 0.2) is 65.6 Å². The first-order chi connectivity index (χ1) is 12.3. The lowest BCUT2D eigenvalue weighted by Crippen LogP contribution is -2.26. The van der Waals surface area contributed by atoms with Crippen molar-refractivity contribution in [2.75, 3.05) is 18.1 Å². The van der Waals surface area contributed by atoms with Crippen LogP contribution in [0.5, 0.6) is 0 Å². The predicted molar refractivity (Wildman–Crippen MR) is 101 cm³/mol. The summed E-state index contributed by atoms with van der Waals surface area (Å²) in [5.41, 5.74) is 1.30. The molecule has 6 nitrogen and oxygen atoms in total. The summed E-state index contributed by atoms with van der Waals surface area (Å²) in [4.78, 5) is 23.8. The Morgan fingerprint density at radius 1 is 1.04 bits per heavy atom. The van der Waals surface area contributed by atoms with E-state index in [1.165, 1.54) is 18.2 Å². The quantitative estimate of drug-likeness (QED) is 0.729. The number of hydrogen-bond acceptors (Lipinski definition) is 4. The normalized spacial score (nSPS) is 11.3. The highest BCUT2D eigenvalue weighted by Crippen LogP contribution is 2.15. The first-order valence-corrected chi connectivity index (χ1v) is 9.85. The molecular formula is C19H20N2O4S. The summed E-state index contributed by atoms with van der Waals surface area (Å²) in [5, 5.41) is 5.24. The molecule has 2 aromatic carbocycles. The van der Waals surface area contributed by atoms with Crippen LogP contribution in [-0.2, 0) is 19.4 Å². The molecule has 0 aromatic heterocycles. The number of benzene rings is 2. The molecule has 2 N–H and O–H groups in total. The molecule has 0 saturated heterocycles. The van der Waals surface area contributed by atoms with E-state index in [2.05, 4.69) is 10.6 Å². The standard InChI is InChI=1S/C19H20N2O4S/c1-26(24,25)17-9-5-8-16(14-17)21-19(23)12-13-20-18(22)11-10-15-6-3-2-4-7-15/h2-11,14H,12-13H2,1H3,(H,20,22)(H,21,23). The van der Waals surface area contributed by atoms with Crippen LogP contribution in [-0.4, -0.2) is 33.0 Å². The Labute approximate surface area is 152 Å². The van der Waals surface area contributed by atoms with Crippen LogP contribution in [0.3, 0.4) is 0 Å². The van der Waals surface area contributed by atoms with Gasteiger partial charge in [-0.05, 0) is 29.8 Å². The van der Waals surface area contributed by atoms with E-state index in [4.69, 9.17) is 0 Å². The minimum atomic E-state index is -3.33. The molecule has 0 spiro atoms. The Kier molecular flexibility index (Phi) is 6.68. The minimum absolute atomic E-state index is 0.0774. The van der Waals surface area contributed by atoms with Crippen LogP contribution in [0.1, 0.15) is 12.0 Å². The average molecular weight is 372 g/mol. The SMILES string of the molecule is CS(=O)(=O)c1cccc(NC(=O)CCNC(=O)C=Cc2ccccc2)c1. The topological polar surface area (TPSA) is 92.3 Å². The fourth-order valence-electron chi connectivity index (χ4n) is 2.12. The molecule has 7 heteroatoms. The number of rotatable bonds is 7. The van der Waals surface area contributed by atoms with Gasteiger partial charge in [-0.15, -0.1) is 0 Å².